The first-order valence-electron chi connectivity index (χ1n) is 6.36. The first-order chi connectivity index (χ1) is 8.19. The van der Waals surface area contributed by atoms with Gasteiger partial charge in [-0.15, -0.1) is 11.3 Å². The minimum atomic E-state index is 0.219. The largest absolute Gasteiger partial charge is 0.300 e. The van der Waals surface area contributed by atoms with E-state index >= 15 is 0 Å². The molecule has 1 atom stereocenters. The Labute approximate surface area is 107 Å². The molecule has 1 fully saturated rings. The second-order valence-corrected chi connectivity index (χ2v) is 5.93. The molecule has 0 N–H and O–H groups in total. The summed E-state index contributed by atoms with van der Waals surface area (Å²) >= 11 is 1.70. The van der Waals surface area contributed by atoms with Crippen LogP contribution in [-0.2, 0) is 17.6 Å². The third kappa shape index (κ3) is 3.36. The molecule has 2 heterocycles. The Morgan fingerprint density at radius 1 is 1.65 bits per heavy atom. The number of rotatable bonds is 5. The molecule has 2 rings (SSSR count). The lowest BCUT2D eigenvalue weighted by Gasteiger charge is -2.21. The number of thiazole rings is 1. The lowest BCUT2D eigenvalue weighted by Crippen LogP contribution is -2.30. The van der Waals surface area contributed by atoms with Crippen LogP contribution in [0.5, 0.6) is 0 Å². The summed E-state index contributed by atoms with van der Waals surface area (Å²) in [6.45, 7) is 6.22. The van der Waals surface area contributed by atoms with Gasteiger partial charge in [-0.25, -0.2) is 4.98 Å². The van der Waals surface area contributed by atoms with E-state index in [1.807, 2.05) is 6.20 Å². The Hall–Kier alpha value is -0.740. The highest BCUT2D eigenvalue weighted by molar-refractivity contribution is 7.11. The number of nitrogens with zero attached hydrogens (tertiary/aromatic N) is 2. The number of carbonyl (C=O) groups is 1. The molecule has 0 bridgehead atoms. The van der Waals surface area contributed by atoms with Crippen molar-refractivity contribution < 1.29 is 4.79 Å². The summed E-state index contributed by atoms with van der Waals surface area (Å²) < 4.78 is 0. The molecule has 17 heavy (non-hydrogen) atoms. The van der Waals surface area contributed by atoms with E-state index in [2.05, 4.69) is 16.8 Å². The second kappa shape index (κ2) is 5.74. The third-order valence-electron chi connectivity index (χ3n) is 3.34. The molecule has 1 aliphatic heterocycles. The fourth-order valence-corrected chi connectivity index (χ4v) is 3.58. The van der Waals surface area contributed by atoms with Gasteiger partial charge in [0.05, 0.1) is 5.01 Å². The monoisotopic (exact) mass is 252 g/mol. The van der Waals surface area contributed by atoms with E-state index < -0.39 is 0 Å². The third-order valence-corrected chi connectivity index (χ3v) is 4.36. The van der Waals surface area contributed by atoms with E-state index in [9.17, 15) is 4.79 Å². The lowest BCUT2D eigenvalue weighted by atomic mass is 10.1. The number of aromatic nitrogens is 1. The van der Waals surface area contributed by atoms with Crippen molar-refractivity contribution in [3.05, 3.63) is 16.1 Å². The van der Waals surface area contributed by atoms with Crippen molar-refractivity contribution in [2.24, 2.45) is 0 Å². The first-order valence-corrected chi connectivity index (χ1v) is 7.17. The summed E-state index contributed by atoms with van der Waals surface area (Å²) in [4.78, 5) is 19.1. The molecule has 4 heteroatoms. The van der Waals surface area contributed by atoms with Crippen molar-refractivity contribution in [1.82, 2.24) is 9.88 Å². The number of ketones is 1. The summed E-state index contributed by atoms with van der Waals surface area (Å²) in [6, 6.07) is 0.663. The van der Waals surface area contributed by atoms with Crippen LogP contribution in [0.25, 0.3) is 0 Å². The predicted molar refractivity (Wildman–Crippen MR) is 70.5 cm³/mol. The summed E-state index contributed by atoms with van der Waals surface area (Å²) in [6.07, 6.45) is 6.06. The molecule has 0 saturated carbocycles. The lowest BCUT2D eigenvalue weighted by molar-refractivity contribution is -0.116. The van der Waals surface area contributed by atoms with Crippen LogP contribution in [0.4, 0.5) is 0 Å². The predicted octanol–water partition coefficient (Wildman–Crippen LogP) is 2.30. The smallest absolute Gasteiger partial charge is 0.135 e. The van der Waals surface area contributed by atoms with Crippen molar-refractivity contribution in [2.75, 3.05) is 13.1 Å². The van der Waals surface area contributed by atoms with Crippen LogP contribution in [0.1, 0.15) is 36.6 Å². The molecule has 94 valence electrons. The second-order valence-electron chi connectivity index (χ2n) is 4.73. The Bertz CT molecular complexity index is 389. The molecular weight excluding hydrogens is 232 g/mol. The number of hydrogen-bond acceptors (Lipinski definition) is 4. The van der Waals surface area contributed by atoms with Gasteiger partial charge < -0.3 is 4.90 Å². The van der Waals surface area contributed by atoms with Gasteiger partial charge in [0.1, 0.15) is 5.78 Å². The zero-order valence-corrected chi connectivity index (χ0v) is 11.4. The summed E-state index contributed by atoms with van der Waals surface area (Å²) in [5.74, 6) is 0.219. The van der Waals surface area contributed by atoms with Gasteiger partial charge in [-0.2, -0.15) is 0 Å². The number of carbonyl (C=O) groups excluding carboxylic acids is 1. The van der Waals surface area contributed by atoms with Crippen LogP contribution in [0, 0.1) is 0 Å². The summed E-state index contributed by atoms with van der Waals surface area (Å²) in [5.41, 5.74) is 0. The molecule has 0 aromatic carbocycles. The maximum atomic E-state index is 11.0. The average molecular weight is 252 g/mol. The topological polar surface area (TPSA) is 33.2 Å². The SMILES string of the molecule is CCN1CCCC1Cc1ncc(CC(C)=O)s1. The molecule has 0 spiro atoms. The molecule has 0 radical (unpaired) electrons. The number of likely N-dealkylation sites (N-methyl/N-ethyl adjacent to an activating group) is 1. The minimum absolute atomic E-state index is 0.219. The zero-order chi connectivity index (χ0) is 12.3. The maximum Gasteiger partial charge on any atom is 0.135 e. The van der Waals surface area contributed by atoms with Crippen molar-refractivity contribution in [2.45, 2.75) is 45.6 Å². The normalized spacial score (nSPS) is 20.9. The molecule has 0 amide bonds. The van der Waals surface area contributed by atoms with E-state index in [1.165, 1.54) is 24.4 Å². The summed E-state index contributed by atoms with van der Waals surface area (Å²) in [7, 11) is 0. The molecule has 1 saturated heterocycles. The van der Waals surface area contributed by atoms with Crippen LogP contribution in [-0.4, -0.2) is 34.8 Å². The van der Waals surface area contributed by atoms with E-state index in [-0.39, 0.29) is 5.78 Å². The Kier molecular flexibility index (Phi) is 4.29. The van der Waals surface area contributed by atoms with Crippen molar-refractivity contribution in [1.29, 1.82) is 0 Å². The quantitative estimate of drug-likeness (QED) is 0.806. The number of likely N-dealkylation sites (tertiary alicyclic amines) is 1. The van der Waals surface area contributed by atoms with Crippen molar-refractivity contribution >= 4 is 17.1 Å². The fourth-order valence-electron chi connectivity index (χ4n) is 2.51. The number of Topliss-reactive ketones (excluding diaryl/α,β-unsaturated/α-hetero) is 1. The first kappa shape index (κ1) is 12.7. The maximum absolute atomic E-state index is 11.0. The minimum Gasteiger partial charge on any atom is -0.300 e. The molecule has 1 aromatic rings. The van der Waals surface area contributed by atoms with Gasteiger partial charge in [0.2, 0.25) is 0 Å². The van der Waals surface area contributed by atoms with Gasteiger partial charge in [-0.3, -0.25) is 4.79 Å². The van der Waals surface area contributed by atoms with Gasteiger partial charge in [-0.05, 0) is 32.9 Å². The van der Waals surface area contributed by atoms with Gasteiger partial charge in [0.15, 0.2) is 0 Å². The standard InChI is InChI=1S/C13H20N2OS/c1-3-15-6-4-5-11(15)8-13-14-9-12(17-13)7-10(2)16/h9,11H,3-8H2,1-2H3. The van der Waals surface area contributed by atoms with Crippen LogP contribution < -0.4 is 0 Å². The Balaban J connectivity index is 1.94. The van der Waals surface area contributed by atoms with Crippen LogP contribution in [0.15, 0.2) is 6.20 Å². The average Bonchev–Trinajstić information content (AvgIpc) is 2.87. The summed E-state index contributed by atoms with van der Waals surface area (Å²) in [5, 5.41) is 1.19. The van der Waals surface area contributed by atoms with E-state index in [4.69, 9.17) is 0 Å². The van der Waals surface area contributed by atoms with Crippen molar-refractivity contribution in [3.8, 4) is 0 Å². The van der Waals surface area contributed by atoms with Gasteiger partial charge in [0, 0.05) is 30.0 Å². The van der Waals surface area contributed by atoms with Gasteiger partial charge in [-0.1, -0.05) is 6.92 Å². The van der Waals surface area contributed by atoms with Crippen LogP contribution >= 0.6 is 11.3 Å². The Morgan fingerprint density at radius 2 is 2.47 bits per heavy atom. The van der Waals surface area contributed by atoms with Gasteiger partial charge in [0.25, 0.3) is 0 Å². The van der Waals surface area contributed by atoms with Crippen LogP contribution in [0.2, 0.25) is 0 Å². The molecular formula is C13H20N2OS. The van der Waals surface area contributed by atoms with E-state index in [1.54, 1.807) is 18.3 Å². The molecule has 1 aliphatic rings. The highest BCUT2D eigenvalue weighted by Gasteiger charge is 2.24. The van der Waals surface area contributed by atoms with E-state index in [0.29, 0.717) is 12.5 Å². The van der Waals surface area contributed by atoms with Crippen molar-refractivity contribution in [3.63, 3.8) is 0 Å². The zero-order valence-electron chi connectivity index (χ0n) is 10.6. The van der Waals surface area contributed by atoms with E-state index in [0.717, 1.165) is 17.8 Å². The fraction of sp³-hybridized carbons (Fsp3) is 0.692. The molecule has 0 aliphatic carbocycles. The molecule has 3 nitrogen and oxygen atoms in total. The van der Waals surface area contributed by atoms with Crippen LogP contribution in [0.3, 0.4) is 0 Å². The van der Waals surface area contributed by atoms with Gasteiger partial charge >= 0.3 is 0 Å². The molecule has 1 unspecified atom stereocenters. The molecule has 1 aromatic heterocycles. The number of hydrogen-bond donors (Lipinski definition) is 0. The highest BCUT2D eigenvalue weighted by atomic mass is 32.1. The Morgan fingerprint density at radius 3 is 3.18 bits per heavy atom. The highest BCUT2D eigenvalue weighted by Crippen LogP contribution is 2.23.